The van der Waals surface area contributed by atoms with Gasteiger partial charge in [-0.1, -0.05) is 74.5 Å². The van der Waals surface area contributed by atoms with E-state index >= 15 is 0 Å². The molecular weight excluding hydrogens is 254 g/mol. The topological polar surface area (TPSA) is 12.0 Å². The lowest BCUT2D eigenvalue weighted by molar-refractivity contribution is 0.865. The van der Waals surface area contributed by atoms with Gasteiger partial charge < -0.3 is 5.32 Å². The van der Waals surface area contributed by atoms with E-state index in [9.17, 15) is 0 Å². The van der Waals surface area contributed by atoms with E-state index in [4.69, 9.17) is 0 Å². The lowest BCUT2D eigenvalue weighted by Crippen LogP contribution is -2.00. The fourth-order valence-corrected chi connectivity index (χ4v) is 2.60. The van der Waals surface area contributed by atoms with Crippen LogP contribution in [0.2, 0.25) is 0 Å². The number of benzene rings is 3. The average Bonchev–Trinajstić information content (AvgIpc) is 2.53. The molecule has 21 heavy (non-hydrogen) atoms. The summed E-state index contributed by atoms with van der Waals surface area (Å²) in [5, 5.41) is 6.10. The fourth-order valence-electron chi connectivity index (χ4n) is 2.60. The van der Waals surface area contributed by atoms with Crippen molar-refractivity contribution >= 4 is 16.5 Å². The Bertz CT molecular complexity index is 721. The lowest BCUT2D eigenvalue weighted by atomic mass is 10.0. The molecule has 1 nitrogen and oxygen atoms in total. The van der Waals surface area contributed by atoms with Gasteiger partial charge in [0.05, 0.1) is 0 Å². The van der Waals surface area contributed by atoms with Crippen molar-refractivity contribution in [3.8, 4) is 0 Å². The third kappa shape index (κ3) is 3.08. The number of hydrogen-bond donors (Lipinski definition) is 1. The highest BCUT2D eigenvalue weighted by Crippen LogP contribution is 2.23. The monoisotopic (exact) mass is 275 g/mol. The Hall–Kier alpha value is -2.28. The zero-order valence-electron chi connectivity index (χ0n) is 12.6. The summed E-state index contributed by atoms with van der Waals surface area (Å²) < 4.78 is 0. The van der Waals surface area contributed by atoms with Gasteiger partial charge in [-0.2, -0.15) is 0 Å². The summed E-state index contributed by atoms with van der Waals surface area (Å²) in [6.45, 7) is 5.30. The highest BCUT2D eigenvalue weighted by Gasteiger charge is 2.01. The Balaban J connectivity index is 1.77. The van der Waals surface area contributed by atoms with E-state index in [0.29, 0.717) is 5.92 Å². The molecule has 0 amide bonds. The van der Waals surface area contributed by atoms with E-state index in [1.807, 2.05) is 0 Å². The first-order chi connectivity index (χ1) is 10.2. The third-order valence-electron chi connectivity index (χ3n) is 3.92. The van der Waals surface area contributed by atoms with Crippen LogP contribution in [0, 0.1) is 0 Å². The van der Waals surface area contributed by atoms with Crippen molar-refractivity contribution in [2.24, 2.45) is 0 Å². The normalized spacial score (nSPS) is 11.0. The first-order valence-electron chi connectivity index (χ1n) is 7.54. The first-order valence-corrected chi connectivity index (χ1v) is 7.54. The summed E-state index contributed by atoms with van der Waals surface area (Å²) in [6.07, 6.45) is 0. The molecule has 0 aliphatic carbocycles. The molecule has 0 saturated carbocycles. The molecule has 0 bridgehead atoms. The molecule has 0 radical (unpaired) electrons. The Labute approximate surface area is 126 Å². The molecule has 0 aliphatic rings. The van der Waals surface area contributed by atoms with E-state index in [1.165, 1.54) is 27.6 Å². The number of nitrogens with one attached hydrogen (secondary N) is 1. The van der Waals surface area contributed by atoms with Crippen molar-refractivity contribution in [3.05, 3.63) is 77.9 Å². The summed E-state index contributed by atoms with van der Waals surface area (Å²) in [7, 11) is 0. The Kier molecular flexibility index (Phi) is 3.92. The van der Waals surface area contributed by atoms with Crippen LogP contribution in [0.5, 0.6) is 0 Å². The summed E-state index contributed by atoms with van der Waals surface area (Å²) >= 11 is 0. The van der Waals surface area contributed by atoms with E-state index in [-0.39, 0.29) is 0 Å². The molecule has 1 N–H and O–H groups in total. The Morgan fingerprint density at radius 3 is 2.29 bits per heavy atom. The predicted molar refractivity (Wildman–Crippen MR) is 91.8 cm³/mol. The smallest absolute Gasteiger partial charge is 0.0422 e. The van der Waals surface area contributed by atoms with Crippen LogP contribution in [0.1, 0.15) is 30.9 Å². The van der Waals surface area contributed by atoms with Gasteiger partial charge in [-0.25, -0.2) is 0 Å². The predicted octanol–water partition coefficient (Wildman–Crippen LogP) is 5.58. The van der Waals surface area contributed by atoms with Crippen LogP contribution in [0.25, 0.3) is 10.8 Å². The molecule has 0 aromatic heterocycles. The molecule has 0 aliphatic heterocycles. The Morgan fingerprint density at radius 2 is 1.52 bits per heavy atom. The molecule has 0 unspecified atom stereocenters. The maximum absolute atomic E-state index is 3.55. The maximum atomic E-state index is 3.55. The van der Waals surface area contributed by atoms with Gasteiger partial charge >= 0.3 is 0 Å². The van der Waals surface area contributed by atoms with Gasteiger partial charge in [-0.05, 0) is 28.5 Å². The fraction of sp³-hybridized carbons (Fsp3) is 0.200. The molecule has 3 aromatic rings. The molecular formula is C20H21N. The van der Waals surface area contributed by atoms with Crippen molar-refractivity contribution in [2.45, 2.75) is 26.3 Å². The Morgan fingerprint density at radius 1 is 0.810 bits per heavy atom. The summed E-state index contributed by atoms with van der Waals surface area (Å²) in [5.74, 6) is 0.588. The highest BCUT2D eigenvalue weighted by molar-refractivity contribution is 5.93. The van der Waals surface area contributed by atoms with Gasteiger partial charge in [-0.15, -0.1) is 0 Å². The number of rotatable bonds is 4. The van der Waals surface area contributed by atoms with Gasteiger partial charge in [-0.3, -0.25) is 0 Å². The van der Waals surface area contributed by atoms with Crippen LogP contribution in [-0.4, -0.2) is 0 Å². The number of anilines is 1. The zero-order chi connectivity index (χ0) is 14.7. The molecule has 3 rings (SSSR count). The van der Waals surface area contributed by atoms with Gasteiger partial charge in [0.2, 0.25) is 0 Å². The molecule has 3 aromatic carbocycles. The van der Waals surface area contributed by atoms with E-state index in [2.05, 4.69) is 85.9 Å². The van der Waals surface area contributed by atoms with E-state index < -0.39 is 0 Å². The third-order valence-corrected chi connectivity index (χ3v) is 3.92. The van der Waals surface area contributed by atoms with Crippen molar-refractivity contribution in [1.82, 2.24) is 0 Å². The second-order valence-corrected chi connectivity index (χ2v) is 5.78. The maximum Gasteiger partial charge on any atom is 0.0422 e. The van der Waals surface area contributed by atoms with E-state index in [0.717, 1.165) is 6.54 Å². The van der Waals surface area contributed by atoms with Gasteiger partial charge in [0.15, 0.2) is 0 Å². The van der Waals surface area contributed by atoms with Crippen LogP contribution in [-0.2, 0) is 6.54 Å². The molecule has 0 heterocycles. The minimum Gasteiger partial charge on any atom is -0.380 e. The van der Waals surface area contributed by atoms with Gasteiger partial charge in [0.25, 0.3) is 0 Å². The minimum absolute atomic E-state index is 0.588. The molecule has 0 atom stereocenters. The zero-order valence-corrected chi connectivity index (χ0v) is 12.6. The van der Waals surface area contributed by atoms with Crippen molar-refractivity contribution in [1.29, 1.82) is 0 Å². The molecule has 0 fully saturated rings. The summed E-state index contributed by atoms with van der Waals surface area (Å²) in [6, 6.07) is 23.8. The van der Waals surface area contributed by atoms with Crippen LogP contribution in [0.4, 0.5) is 5.69 Å². The quantitative estimate of drug-likeness (QED) is 0.656. The van der Waals surface area contributed by atoms with Gasteiger partial charge in [0.1, 0.15) is 0 Å². The average molecular weight is 275 g/mol. The highest BCUT2D eigenvalue weighted by atomic mass is 14.9. The largest absolute Gasteiger partial charge is 0.380 e. The standard InChI is InChI=1S/C20H21N/c1-15(2)17-12-10-16(11-13-17)14-21-20-9-5-7-18-6-3-4-8-19(18)20/h3-13,15,21H,14H2,1-2H3. The van der Waals surface area contributed by atoms with Crippen molar-refractivity contribution in [2.75, 3.05) is 5.32 Å². The SMILES string of the molecule is CC(C)c1ccc(CNc2cccc3ccccc23)cc1. The molecule has 106 valence electrons. The van der Waals surface area contributed by atoms with Crippen molar-refractivity contribution in [3.63, 3.8) is 0 Å². The lowest BCUT2D eigenvalue weighted by Gasteiger charge is -2.11. The minimum atomic E-state index is 0.588. The first kappa shape index (κ1) is 13.7. The number of fused-ring (bicyclic) bond motifs is 1. The van der Waals surface area contributed by atoms with Crippen LogP contribution in [0.15, 0.2) is 66.7 Å². The summed E-state index contributed by atoms with van der Waals surface area (Å²) in [4.78, 5) is 0. The molecule has 0 spiro atoms. The van der Waals surface area contributed by atoms with Crippen LogP contribution < -0.4 is 5.32 Å². The molecule has 1 heteroatoms. The van der Waals surface area contributed by atoms with E-state index in [1.54, 1.807) is 0 Å². The second-order valence-electron chi connectivity index (χ2n) is 5.78. The number of hydrogen-bond acceptors (Lipinski definition) is 1. The summed E-state index contributed by atoms with van der Waals surface area (Å²) in [5.41, 5.74) is 3.90. The van der Waals surface area contributed by atoms with Gasteiger partial charge in [0, 0.05) is 17.6 Å². The van der Waals surface area contributed by atoms with Crippen LogP contribution >= 0.6 is 0 Å². The molecule has 0 saturated heterocycles. The second kappa shape index (κ2) is 6.01. The van der Waals surface area contributed by atoms with Crippen LogP contribution in [0.3, 0.4) is 0 Å². The van der Waals surface area contributed by atoms with Crippen molar-refractivity contribution < 1.29 is 0 Å².